The van der Waals surface area contributed by atoms with Crippen molar-refractivity contribution in [2.45, 2.75) is 45.1 Å². The van der Waals surface area contributed by atoms with Crippen molar-refractivity contribution < 1.29 is 9.90 Å². The summed E-state index contributed by atoms with van der Waals surface area (Å²) in [4.78, 5) is 11.6. The highest BCUT2D eigenvalue weighted by Gasteiger charge is 2.34. The molecule has 0 aliphatic heterocycles. The minimum absolute atomic E-state index is 0.288. The highest BCUT2D eigenvalue weighted by atomic mass is 32.1. The zero-order valence-corrected chi connectivity index (χ0v) is 12.1. The molecule has 0 atom stereocenters. The quantitative estimate of drug-likeness (QED) is 0.769. The van der Waals surface area contributed by atoms with Crippen molar-refractivity contribution in [1.82, 2.24) is 15.5 Å². The Morgan fingerprint density at radius 2 is 2.21 bits per heavy atom. The molecular weight excluding hydrogens is 264 g/mol. The number of carbonyl (C=O) groups excluding carboxylic acids is 1. The van der Waals surface area contributed by atoms with E-state index in [1.807, 2.05) is 0 Å². The van der Waals surface area contributed by atoms with Gasteiger partial charge >= 0.3 is 6.03 Å². The van der Waals surface area contributed by atoms with Crippen molar-refractivity contribution in [1.29, 1.82) is 0 Å². The first-order valence-corrected chi connectivity index (χ1v) is 7.38. The highest BCUT2D eigenvalue weighted by molar-refractivity contribution is 7.15. The average molecular weight is 284 g/mol. The molecule has 1 heterocycles. The van der Waals surface area contributed by atoms with Crippen LogP contribution in [0.1, 0.15) is 38.1 Å². The molecule has 0 unspecified atom stereocenters. The van der Waals surface area contributed by atoms with Gasteiger partial charge in [0, 0.05) is 13.0 Å². The number of aromatic nitrogens is 2. The first-order chi connectivity index (χ1) is 8.97. The second-order valence-corrected chi connectivity index (χ2v) is 6.55. The summed E-state index contributed by atoms with van der Waals surface area (Å²) in [5.74, 6) is 0.516. The molecule has 0 aromatic carbocycles. The van der Waals surface area contributed by atoms with Crippen LogP contribution in [-0.2, 0) is 6.42 Å². The number of nitrogens with one attached hydrogen (secondary N) is 2. The smallest absolute Gasteiger partial charge is 0.321 e. The minimum atomic E-state index is -0.707. The molecule has 1 saturated carbocycles. The van der Waals surface area contributed by atoms with Crippen molar-refractivity contribution in [3.63, 3.8) is 0 Å². The summed E-state index contributed by atoms with van der Waals surface area (Å²) in [7, 11) is 0. The standard InChI is InChI=1S/C12H20N4O2S/c1-8(2)6-9-15-16-11(19-9)14-10(17)13-7-12(18)4-3-5-12/h8,18H,3-7H2,1-2H3,(H2,13,14,16,17). The Labute approximate surface area is 116 Å². The maximum Gasteiger partial charge on any atom is 0.321 e. The van der Waals surface area contributed by atoms with E-state index in [0.29, 0.717) is 11.0 Å². The number of anilines is 1. The number of carbonyl (C=O) groups is 1. The minimum Gasteiger partial charge on any atom is -0.388 e. The van der Waals surface area contributed by atoms with Crippen LogP contribution in [0.4, 0.5) is 9.93 Å². The van der Waals surface area contributed by atoms with Crippen LogP contribution in [0.5, 0.6) is 0 Å². The summed E-state index contributed by atoms with van der Waals surface area (Å²) in [5.41, 5.74) is -0.707. The second kappa shape index (κ2) is 5.83. The molecule has 1 aliphatic rings. The topological polar surface area (TPSA) is 87.1 Å². The molecule has 6 nitrogen and oxygen atoms in total. The fourth-order valence-electron chi connectivity index (χ4n) is 1.88. The number of rotatable bonds is 5. The normalized spacial score (nSPS) is 17.1. The van der Waals surface area contributed by atoms with E-state index in [0.717, 1.165) is 30.7 Å². The molecule has 19 heavy (non-hydrogen) atoms. The molecule has 0 saturated heterocycles. The van der Waals surface area contributed by atoms with Crippen LogP contribution in [0.2, 0.25) is 0 Å². The molecule has 1 aliphatic carbocycles. The third-order valence-corrected chi connectivity index (χ3v) is 3.99. The highest BCUT2D eigenvalue weighted by Crippen LogP contribution is 2.30. The van der Waals surface area contributed by atoms with Gasteiger partial charge in [0.05, 0.1) is 5.60 Å². The van der Waals surface area contributed by atoms with Gasteiger partial charge in [-0.3, -0.25) is 5.32 Å². The lowest BCUT2D eigenvalue weighted by molar-refractivity contribution is -0.0287. The lowest BCUT2D eigenvalue weighted by atomic mass is 9.80. The van der Waals surface area contributed by atoms with Crippen LogP contribution < -0.4 is 10.6 Å². The van der Waals surface area contributed by atoms with Gasteiger partial charge in [0.15, 0.2) is 0 Å². The first-order valence-electron chi connectivity index (χ1n) is 6.56. The summed E-state index contributed by atoms with van der Waals surface area (Å²) in [6.07, 6.45) is 3.39. The summed E-state index contributed by atoms with van der Waals surface area (Å²) in [6.45, 7) is 4.51. The largest absolute Gasteiger partial charge is 0.388 e. The van der Waals surface area contributed by atoms with Gasteiger partial charge in [0.25, 0.3) is 0 Å². The second-order valence-electron chi connectivity index (χ2n) is 5.48. The first kappa shape index (κ1) is 14.2. The summed E-state index contributed by atoms with van der Waals surface area (Å²) in [6, 6.07) is -0.340. The van der Waals surface area contributed by atoms with Gasteiger partial charge in [-0.15, -0.1) is 10.2 Å². The van der Waals surface area contributed by atoms with Crippen LogP contribution in [0.25, 0.3) is 0 Å². The van der Waals surface area contributed by atoms with Crippen LogP contribution in [-0.4, -0.2) is 33.5 Å². The molecule has 2 amide bonds. The molecule has 0 spiro atoms. The monoisotopic (exact) mass is 284 g/mol. The summed E-state index contributed by atoms with van der Waals surface area (Å²) < 4.78 is 0. The van der Waals surface area contributed by atoms with E-state index in [1.54, 1.807) is 0 Å². The van der Waals surface area contributed by atoms with Crippen LogP contribution >= 0.6 is 11.3 Å². The molecule has 7 heteroatoms. The Bertz CT molecular complexity index is 443. The van der Waals surface area contributed by atoms with Crippen molar-refractivity contribution >= 4 is 22.5 Å². The zero-order chi connectivity index (χ0) is 13.9. The van der Waals surface area contributed by atoms with Gasteiger partial charge in [-0.1, -0.05) is 25.2 Å². The number of hydrogen-bond acceptors (Lipinski definition) is 5. The number of amides is 2. The van der Waals surface area contributed by atoms with Crippen molar-refractivity contribution in [3.8, 4) is 0 Å². The van der Waals surface area contributed by atoms with Crippen LogP contribution in [0.3, 0.4) is 0 Å². The van der Waals surface area contributed by atoms with E-state index in [4.69, 9.17) is 0 Å². The maximum absolute atomic E-state index is 11.6. The molecule has 106 valence electrons. The molecule has 2 rings (SSSR count). The predicted molar refractivity (Wildman–Crippen MR) is 74.3 cm³/mol. The molecule has 1 fully saturated rings. The van der Waals surface area contributed by atoms with Gasteiger partial charge in [-0.2, -0.15) is 0 Å². The molecule has 1 aromatic rings. The zero-order valence-electron chi connectivity index (χ0n) is 11.3. The SMILES string of the molecule is CC(C)Cc1nnc(NC(=O)NCC2(O)CCC2)s1. The lowest BCUT2D eigenvalue weighted by Gasteiger charge is -2.36. The average Bonchev–Trinajstić information content (AvgIpc) is 2.70. The van der Waals surface area contributed by atoms with E-state index < -0.39 is 5.60 Å². The van der Waals surface area contributed by atoms with Gasteiger partial charge in [-0.25, -0.2) is 4.79 Å². The van der Waals surface area contributed by atoms with Crippen molar-refractivity contribution in [3.05, 3.63) is 5.01 Å². The third-order valence-electron chi connectivity index (χ3n) is 3.13. The van der Waals surface area contributed by atoms with Crippen molar-refractivity contribution in [2.75, 3.05) is 11.9 Å². The Hall–Kier alpha value is -1.21. The fraction of sp³-hybridized carbons (Fsp3) is 0.750. The lowest BCUT2D eigenvalue weighted by Crippen LogP contribution is -2.48. The van der Waals surface area contributed by atoms with Gasteiger partial charge in [0.2, 0.25) is 5.13 Å². The van der Waals surface area contributed by atoms with Gasteiger partial charge in [-0.05, 0) is 25.2 Å². The van der Waals surface area contributed by atoms with Crippen LogP contribution in [0.15, 0.2) is 0 Å². The fourth-order valence-corrected chi connectivity index (χ4v) is 2.83. The molecule has 3 N–H and O–H groups in total. The van der Waals surface area contributed by atoms with E-state index in [1.165, 1.54) is 11.3 Å². The Morgan fingerprint density at radius 3 is 2.79 bits per heavy atom. The molecule has 1 aromatic heterocycles. The Balaban J connectivity index is 1.76. The maximum atomic E-state index is 11.6. The Kier molecular flexibility index (Phi) is 4.36. The molecule has 0 radical (unpaired) electrons. The number of urea groups is 1. The summed E-state index contributed by atoms with van der Waals surface area (Å²) >= 11 is 1.39. The number of hydrogen-bond donors (Lipinski definition) is 3. The molecule has 0 bridgehead atoms. The van der Waals surface area contributed by atoms with Gasteiger partial charge in [0.1, 0.15) is 5.01 Å². The van der Waals surface area contributed by atoms with E-state index in [2.05, 4.69) is 34.7 Å². The number of nitrogens with zero attached hydrogens (tertiary/aromatic N) is 2. The Morgan fingerprint density at radius 1 is 1.47 bits per heavy atom. The number of aliphatic hydroxyl groups is 1. The van der Waals surface area contributed by atoms with E-state index >= 15 is 0 Å². The van der Waals surface area contributed by atoms with E-state index in [9.17, 15) is 9.90 Å². The third kappa shape index (κ3) is 4.14. The predicted octanol–water partition coefficient (Wildman–Crippen LogP) is 1.77. The van der Waals surface area contributed by atoms with Crippen molar-refractivity contribution in [2.24, 2.45) is 5.92 Å². The molecular formula is C12H20N4O2S. The van der Waals surface area contributed by atoms with Gasteiger partial charge < -0.3 is 10.4 Å². The van der Waals surface area contributed by atoms with Crippen LogP contribution in [0, 0.1) is 5.92 Å². The van der Waals surface area contributed by atoms with E-state index in [-0.39, 0.29) is 12.6 Å². The summed E-state index contributed by atoms with van der Waals surface area (Å²) in [5, 5.41) is 24.5.